The van der Waals surface area contributed by atoms with Crippen molar-refractivity contribution >= 4 is 33.9 Å². The van der Waals surface area contributed by atoms with Gasteiger partial charge in [-0.25, -0.2) is 9.97 Å². The minimum absolute atomic E-state index is 0. The van der Waals surface area contributed by atoms with E-state index in [2.05, 4.69) is 44.4 Å². The molecule has 0 saturated heterocycles. The Hall–Kier alpha value is -4.77. The molecule has 1 N–H and O–H groups in total. The highest BCUT2D eigenvalue weighted by molar-refractivity contribution is 5.97. The molecule has 0 aliphatic heterocycles. The maximum Gasteiger partial charge on any atom is 0.294 e. The molecule has 2 aromatic carbocycles. The van der Waals surface area contributed by atoms with Gasteiger partial charge >= 0.3 is 0 Å². The molecule has 0 spiro atoms. The van der Waals surface area contributed by atoms with Crippen LogP contribution >= 0.6 is 0 Å². The number of anilines is 3. The molecular weight excluding hydrogens is 518 g/mol. The Kier molecular flexibility index (Phi) is 8.39. The van der Waals surface area contributed by atoms with Gasteiger partial charge in [0.2, 0.25) is 5.95 Å². The second-order valence-corrected chi connectivity index (χ2v) is 10.3. The molecule has 0 aliphatic carbocycles. The van der Waals surface area contributed by atoms with E-state index >= 15 is 0 Å². The lowest BCUT2D eigenvalue weighted by molar-refractivity contribution is -0.384. The molecular formula is C30H37N9O2. The van der Waals surface area contributed by atoms with E-state index in [-0.39, 0.29) is 18.0 Å². The molecule has 5 rings (SSSR count). The average molecular weight is 556 g/mol. The van der Waals surface area contributed by atoms with Crippen molar-refractivity contribution in [3.63, 3.8) is 0 Å². The van der Waals surface area contributed by atoms with Crippen LogP contribution in [0.1, 0.15) is 13.0 Å². The van der Waals surface area contributed by atoms with E-state index < -0.39 is 0 Å². The molecule has 11 nitrogen and oxygen atoms in total. The molecule has 0 radical (unpaired) electrons. The minimum atomic E-state index is -0.348. The number of nitro groups is 1. The molecule has 214 valence electrons. The largest absolute Gasteiger partial charge is 0.368 e. The standard InChI is InChI=1S/C29H33N9O2.CH4/c1-19-13-27(35(4)12-11-34(2)3)28(38(39)40)15-25(19)33-29-30-10-9-24(32-29)23-18-36(5)26-14-20(7-8-22(23)26)21-16-31-37(6)17-21;/h7-10,13-18H,11-12H2,1-6H3,(H,30,32,33);1H4. The molecule has 41 heavy (non-hydrogen) atoms. The smallest absolute Gasteiger partial charge is 0.294 e. The Morgan fingerprint density at radius 2 is 1.80 bits per heavy atom. The first-order chi connectivity index (χ1) is 19.1. The average Bonchev–Trinajstić information content (AvgIpc) is 3.51. The van der Waals surface area contributed by atoms with Crippen LogP contribution in [0.2, 0.25) is 0 Å². The quantitative estimate of drug-likeness (QED) is 0.184. The number of nitrogens with one attached hydrogen (secondary N) is 1. The number of rotatable bonds is 9. The fourth-order valence-electron chi connectivity index (χ4n) is 4.77. The van der Waals surface area contributed by atoms with Gasteiger partial charge in [-0.3, -0.25) is 14.8 Å². The van der Waals surface area contributed by atoms with E-state index in [1.165, 1.54) is 0 Å². The number of nitro benzene ring substituents is 1. The summed E-state index contributed by atoms with van der Waals surface area (Å²) in [5, 5.41) is 20.5. The summed E-state index contributed by atoms with van der Waals surface area (Å²) >= 11 is 0. The summed E-state index contributed by atoms with van der Waals surface area (Å²) in [6, 6.07) is 11.6. The lowest BCUT2D eigenvalue weighted by Crippen LogP contribution is -2.29. The fourth-order valence-corrected chi connectivity index (χ4v) is 4.77. The molecule has 3 heterocycles. The maximum atomic E-state index is 12.0. The maximum absolute atomic E-state index is 12.0. The number of fused-ring (bicyclic) bond motifs is 1. The van der Waals surface area contributed by atoms with Crippen molar-refractivity contribution in [1.29, 1.82) is 0 Å². The number of aromatic nitrogens is 5. The molecule has 0 fully saturated rings. The molecule has 0 saturated carbocycles. The fraction of sp³-hybridized carbons (Fsp3) is 0.300. The summed E-state index contributed by atoms with van der Waals surface area (Å²) < 4.78 is 3.87. The van der Waals surface area contributed by atoms with Crippen molar-refractivity contribution in [3.8, 4) is 22.4 Å². The van der Waals surface area contributed by atoms with Gasteiger partial charge in [0.1, 0.15) is 5.69 Å². The first-order valence-electron chi connectivity index (χ1n) is 12.9. The van der Waals surface area contributed by atoms with Gasteiger partial charge in [-0.05, 0) is 50.3 Å². The number of aryl methyl sites for hydroxylation is 3. The van der Waals surface area contributed by atoms with Crippen molar-refractivity contribution in [3.05, 3.63) is 76.9 Å². The molecule has 0 aliphatic rings. The summed E-state index contributed by atoms with van der Waals surface area (Å²) in [5.41, 5.74) is 7.00. The Bertz CT molecular complexity index is 1700. The van der Waals surface area contributed by atoms with Gasteiger partial charge in [0.15, 0.2) is 0 Å². The van der Waals surface area contributed by atoms with Crippen molar-refractivity contribution < 1.29 is 4.92 Å². The number of benzene rings is 2. The van der Waals surface area contributed by atoms with Crippen LogP contribution in [-0.2, 0) is 14.1 Å². The zero-order valence-electron chi connectivity index (χ0n) is 23.6. The highest BCUT2D eigenvalue weighted by Crippen LogP contribution is 2.35. The van der Waals surface area contributed by atoms with E-state index in [0.717, 1.165) is 45.4 Å². The van der Waals surface area contributed by atoms with Crippen LogP contribution in [0.3, 0.4) is 0 Å². The first-order valence-corrected chi connectivity index (χ1v) is 12.9. The van der Waals surface area contributed by atoms with Gasteiger partial charge < -0.3 is 19.7 Å². The SMILES string of the molecule is C.Cc1cc(N(C)CCN(C)C)c([N+](=O)[O-])cc1Nc1nccc(-c2cn(C)c3cc(-c4cnn(C)c4)ccc23)n1. The van der Waals surface area contributed by atoms with E-state index in [9.17, 15) is 10.1 Å². The van der Waals surface area contributed by atoms with Crippen molar-refractivity contribution in [2.24, 2.45) is 14.1 Å². The van der Waals surface area contributed by atoms with Gasteiger partial charge in [0, 0.05) is 80.9 Å². The van der Waals surface area contributed by atoms with Gasteiger partial charge in [0.25, 0.3) is 5.69 Å². The number of hydrogen-bond donors (Lipinski definition) is 1. The lowest BCUT2D eigenvalue weighted by atomic mass is 10.0. The Morgan fingerprint density at radius 3 is 2.49 bits per heavy atom. The molecule has 0 unspecified atom stereocenters. The number of likely N-dealkylation sites (N-methyl/N-ethyl adjacent to an activating group) is 2. The summed E-state index contributed by atoms with van der Waals surface area (Å²) in [5.74, 6) is 0.368. The van der Waals surface area contributed by atoms with Crippen LogP contribution in [0, 0.1) is 17.0 Å². The van der Waals surface area contributed by atoms with Crippen LogP contribution in [0.15, 0.2) is 61.2 Å². The van der Waals surface area contributed by atoms with Crippen molar-refractivity contribution in [2.45, 2.75) is 14.4 Å². The predicted molar refractivity (Wildman–Crippen MR) is 166 cm³/mol. The number of hydrogen-bond acceptors (Lipinski definition) is 8. The molecule has 11 heteroatoms. The molecule has 0 bridgehead atoms. The van der Waals surface area contributed by atoms with E-state index in [1.807, 2.05) is 76.5 Å². The Labute approximate surface area is 240 Å². The van der Waals surface area contributed by atoms with Crippen LogP contribution in [0.25, 0.3) is 33.3 Å². The monoisotopic (exact) mass is 555 g/mol. The van der Waals surface area contributed by atoms with Gasteiger partial charge in [-0.15, -0.1) is 0 Å². The van der Waals surface area contributed by atoms with Crippen molar-refractivity contribution in [2.75, 3.05) is 44.4 Å². The Morgan fingerprint density at radius 1 is 1.02 bits per heavy atom. The third kappa shape index (κ3) is 6.04. The normalized spacial score (nSPS) is 11.1. The zero-order valence-corrected chi connectivity index (χ0v) is 23.6. The van der Waals surface area contributed by atoms with Crippen LogP contribution in [-0.4, -0.2) is 68.4 Å². The third-order valence-corrected chi connectivity index (χ3v) is 7.02. The summed E-state index contributed by atoms with van der Waals surface area (Å²) in [7, 11) is 9.75. The summed E-state index contributed by atoms with van der Waals surface area (Å²) in [6.45, 7) is 3.37. The topological polar surface area (TPSA) is 110 Å². The predicted octanol–water partition coefficient (Wildman–Crippen LogP) is 5.63. The highest BCUT2D eigenvalue weighted by Gasteiger charge is 2.21. The van der Waals surface area contributed by atoms with Gasteiger partial charge in [0.05, 0.1) is 22.5 Å². The summed E-state index contributed by atoms with van der Waals surface area (Å²) in [4.78, 5) is 24.7. The van der Waals surface area contributed by atoms with Crippen LogP contribution < -0.4 is 10.2 Å². The van der Waals surface area contributed by atoms with E-state index in [1.54, 1.807) is 16.9 Å². The molecule has 0 atom stereocenters. The first kappa shape index (κ1) is 29.2. The van der Waals surface area contributed by atoms with Crippen LogP contribution in [0.5, 0.6) is 0 Å². The molecule has 5 aromatic rings. The lowest BCUT2D eigenvalue weighted by Gasteiger charge is -2.22. The highest BCUT2D eigenvalue weighted by atomic mass is 16.6. The second kappa shape index (κ2) is 11.8. The van der Waals surface area contributed by atoms with Crippen molar-refractivity contribution in [1.82, 2.24) is 29.2 Å². The number of nitrogens with zero attached hydrogens (tertiary/aromatic N) is 8. The Balaban J connectivity index is 0.00000387. The second-order valence-electron chi connectivity index (χ2n) is 10.3. The van der Waals surface area contributed by atoms with Gasteiger partial charge in [-0.1, -0.05) is 19.6 Å². The van der Waals surface area contributed by atoms with Gasteiger partial charge in [-0.2, -0.15) is 5.10 Å². The zero-order chi connectivity index (χ0) is 28.6. The van der Waals surface area contributed by atoms with Crippen LogP contribution in [0.4, 0.5) is 23.0 Å². The molecule has 0 amide bonds. The van der Waals surface area contributed by atoms with E-state index in [4.69, 9.17) is 4.98 Å². The summed E-state index contributed by atoms with van der Waals surface area (Å²) in [6.07, 6.45) is 7.60. The third-order valence-electron chi connectivity index (χ3n) is 7.02. The minimum Gasteiger partial charge on any atom is -0.368 e. The van der Waals surface area contributed by atoms with E-state index in [0.29, 0.717) is 23.9 Å². The molecule has 3 aromatic heterocycles.